The number of urea groups is 1. The summed E-state index contributed by atoms with van der Waals surface area (Å²) < 4.78 is 0.954. The van der Waals surface area contributed by atoms with Crippen LogP contribution in [0.3, 0.4) is 0 Å². The van der Waals surface area contributed by atoms with Crippen molar-refractivity contribution in [1.29, 1.82) is 0 Å². The molecule has 2 aromatic rings. The van der Waals surface area contributed by atoms with Crippen LogP contribution in [0.15, 0.2) is 58.7 Å². The lowest BCUT2D eigenvalue weighted by atomic mass is 10.1. The Hall–Kier alpha value is -2.60. The number of hydrogen-bond donors (Lipinski definition) is 1. The topological polar surface area (TPSA) is 52.7 Å². The van der Waals surface area contributed by atoms with E-state index < -0.39 is 6.03 Å². The van der Waals surface area contributed by atoms with Crippen molar-refractivity contribution in [3.8, 4) is 0 Å². The maximum absolute atomic E-state index is 12.5. The summed E-state index contributed by atoms with van der Waals surface area (Å²) in [6, 6.07) is 14.9. The number of benzene rings is 2. The zero-order chi connectivity index (χ0) is 18.0. The molecule has 3 amide bonds. The van der Waals surface area contributed by atoms with Crippen molar-refractivity contribution in [2.45, 2.75) is 6.54 Å². The van der Waals surface area contributed by atoms with Gasteiger partial charge in [-0.25, -0.2) is 4.79 Å². The van der Waals surface area contributed by atoms with E-state index in [9.17, 15) is 9.59 Å². The fourth-order valence-corrected chi connectivity index (χ4v) is 2.79. The average molecular weight is 400 g/mol. The van der Waals surface area contributed by atoms with Gasteiger partial charge in [-0.05, 0) is 41.5 Å². The molecule has 2 aromatic carbocycles. The predicted molar refractivity (Wildman–Crippen MR) is 102 cm³/mol. The molecule has 6 heteroatoms. The summed E-state index contributed by atoms with van der Waals surface area (Å²) in [6.07, 6.45) is 1.70. The number of nitrogens with one attached hydrogen (secondary N) is 1. The van der Waals surface area contributed by atoms with Gasteiger partial charge in [-0.2, -0.15) is 0 Å². The summed E-state index contributed by atoms with van der Waals surface area (Å²) in [5.41, 5.74) is 3.11. The van der Waals surface area contributed by atoms with Crippen molar-refractivity contribution in [3.05, 3.63) is 69.8 Å². The van der Waals surface area contributed by atoms with Crippen LogP contribution in [0.4, 0.5) is 10.5 Å². The van der Waals surface area contributed by atoms with Gasteiger partial charge in [-0.15, -0.1) is 0 Å². The summed E-state index contributed by atoms with van der Waals surface area (Å²) >= 11 is 3.37. The van der Waals surface area contributed by atoms with E-state index in [1.165, 1.54) is 4.90 Å². The van der Waals surface area contributed by atoms with E-state index in [2.05, 4.69) is 21.2 Å². The maximum atomic E-state index is 12.5. The highest BCUT2D eigenvalue weighted by Crippen LogP contribution is 2.19. The quantitative estimate of drug-likeness (QED) is 0.630. The van der Waals surface area contributed by atoms with Crippen LogP contribution in [0.5, 0.6) is 0 Å². The lowest BCUT2D eigenvalue weighted by Gasteiger charge is -2.12. The number of rotatable bonds is 4. The van der Waals surface area contributed by atoms with Crippen LogP contribution in [0.25, 0.3) is 6.08 Å². The van der Waals surface area contributed by atoms with Crippen molar-refractivity contribution in [2.75, 3.05) is 19.0 Å². The molecule has 128 valence electrons. The monoisotopic (exact) mass is 399 g/mol. The van der Waals surface area contributed by atoms with Gasteiger partial charge >= 0.3 is 6.03 Å². The summed E-state index contributed by atoms with van der Waals surface area (Å²) in [5.74, 6) is -0.315. The minimum Gasteiger partial charge on any atom is -0.378 e. The van der Waals surface area contributed by atoms with Gasteiger partial charge in [0.1, 0.15) is 5.70 Å². The Morgan fingerprint density at radius 2 is 1.68 bits per heavy atom. The first kappa shape index (κ1) is 17.2. The Morgan fingerprint density at radius 3 is 2.28 bits per heavy atom. The highest BCUT2D eigenvalue weighted by molar-refractivity contribution is 9.10. The second-order valence-electron chi connectivity index (χ2n) is 5.99. The van der Waals surface area contributed by atoms with E-state index in [-0.39, 0.29) is 12.5 Å². The molecule has 0 radical (unpaired) electrons. The molecule has 1 aliphatic heterocycles. The molecule has 5 nitrogen and oxygen atoms in total. The highest BCUT2D eigenvalue weighted by Gasteiger charge is 2.33. The Kier molecular flexibility index (Phi) is 4.90. The van der Waals surface area contributed by atoms with E-state index in [1.54, 1.807) is 6.08 Å². The normalized spacial score (nSPS) is 15.6. The maximum Gasteiger partial charge on any atom is 0.329 e. The molecule has 3 rings (SSSR count). The third kappa shape index (κ3) is 3.91. The van der Waals surface area contributed by atoms with Gasteiger partial charge < -0.3 is 10.2 Å². The Morgan fingerprint density at radius 1 is 1.04 bits per heavy atom. The van der Waals surface area contributed by atoms with Crippen LogP contribution in [0, 0.1) is 0 Å². The molecule has 0 bridgehead atoms. The zero-order valence-corrected chi connectivity index (χ0v) is 15.6. The highest BCUT2D eigenvalue weighted by atomic mass is 79.9. The third-order valence-corrected chi connectivity index (χ3v) is 4.47. The number of imide groups is 1. The first-order chi connectivity index (χ1) is 11.9. The molecule has 1 heterocycles. The molecule has 1 aliphatic rings. The Labute approximate surface area is 155 Å². The fourth-order valence-electron chi connectivity index (χ4n) is 2.52. The molecule has 0 saturated carbocycles. The van der Waals surface area contributed by atoms with Crippen molar-refractivity contribution in [2.24, 2.45) is 0 Å². The lowest BCUT2D eigenvalue weighted by molar-refractivity contribution is -0.123. The van der Waals surface area contributed by atoms with Crippen molar-refractivity contribution >= 4 is 39.6 Å². The van der Waals surface area contributed by atoms with Crippen LogP contribution < -0.4 is 10.2 Å². The standard InChI is InChI=1S/C19H18BrN3O2/c1-22(2)16-9-5-13(6-10-16)11-17-18(24)23(19(25)21-17)12-14-3-7-15(20)8-4-14/h3-11H,12H2,1-2H3,(H,21,25). The molecular weight excluding hydrogens is 382 g/mol. The van der Waals surface area contributed by atoms with Gasteiger partial charge in [0.25, 0.3) is 5.91 Å². The molecule has 1 saturated heterocycles. The number of halogens is 1. The largest absolute Gasteiger partial charge is 0.378 e. The SMILES string of the molecule is CN(C)c1ccc(C=C2NC(=O)N(Cc3ccc(Br)cc3)C2=O)cc1. The molecule has 1 fully saturated rings. The van der Waals surface area contributed by atoms with Gasteiger partial charge in [0.15, 0.2) is 0 Å². The smallest absolute Gasteiger partial charge is 0.329 e. The molecule has 0 aromatic heterocycles. The molecule has 1 N–H and O–H groups in total. The van der Waals surface area contributed by atoms with E-state index in [1.807, 2.05) is 67.5 Å². The van der Waals surface area contributed by atoms with Gasteiger partial charge in [-0.1, -0.05) is 40.2 Å². The van der Waals surface area contributed by atoms with Gasteiger partial charge in [-0.3, -0.25) is 9.69 Å². The number of anilines is 1. The zero-order valence-electron chi connectivity index (χ0n) is 14.0. The van der Waals surface area contributed by atoms with E-state index in [0.717, 1.165) is 21.3 Å². The minimum absolute atomic E-state index is 0.245. The number of carbonyl (C=O) groups is 2. The molecule has 0 unspecified atom stereocenters. The second kappa shape index (κ2) is 7.11. The second-order valence-corrected chi connectivity index (χ2v) is 6.91. The summed E-state index contributed by atoms with van der Waals surface area (Å²) in [7, 11) is 3.93. The van der Waals surface area contributed by atoms with E-state index >= 15 is 0 Å². The predicted octanol–water partition coefficient (Wildman–Crippen LogP) is 3.61. The molecule has 0 spiro atoms. The third-order valence-electron chi connectivity index (χ3n) is 3.94. The summed E-state index contributed by atoms with van der Waals surface area (Å²) in [4.78, 5) is 27.9. The van der Waals surface area contributed by atoms with Crippen molar-refractivity contribution in [3.63, 3.8) is 0 Å². The van der Waals surface area contributed by atoms with Crippen LogP contribution in [0.1, 0.15) is 11.1 Å². The molecule has 0 atom stereocenters. The Bertz CT molecular complexity index is 827. The van der Waals surface area contributed by atoms with Crippen molar-refractivity contribution < 1.29 is 9.59 Å². The average Bonchev–Trinajstić information content (AvgIpc) is 2.85. The minimum atomic E-state index is -0.399. The molecule has 25 heavy (non-hydrogen) atoms. The fraction of sp³-hybridized carbons (Fsp3) is 0.158. The molecular formula is C19H18BrN3O2. The number of hydrogen-bond acceptors (Lipinski definition) is 3. The van der Waals surface area contributed by atoms with Crippen LogP contribution >= 0.6 is 15.9 Å². The number of amides is 3. The lowest BCUT2D eigenvalue weighted by Crippen LogP contribution is -2.30. The van der Waals surface area contributed by atoms with Crippen molar-refractivity contribution in [1.82, 2.24) is 10.2 Å². The van der Waals surface area contributed by atoms with Crippen LogP contribution in [-0.2, 0) is 11.3 Å². The Balaban J connectivity index is 1.77. The number of nitrogens with zero attached hydrogens (tertiary/aromatic N) is 2. The van der Waals surface area contributed by atoms with Gasteiger partial charge in [0.05, 0.1) is 6.54 Å². The summed E-state index contributed by atoms with van der Waals surface area (Å²) in [5, 5.41) is 2.65. The van der Waals surface area contributed by atoms with E-state index in [0.29, 0.717) is 5.70 Å². The first-order valence-corrected chi connectivity index (χ1v) is 8.60. The first-order valence-electron chi connectivity index (χ1n) is 7.80. The summed E-state index contributed by atoms with van der Waals surface area (Å²) in [6.45, 7) is 0.245. The number of carbonyl (C=O) groups excluding carboxylic acids is 2. The van der Waals surface area contributed by atoms with Gasteiger partial charge in [0, 0.05) is 24.3 Å². The van der Waals surface area contributed by atoms with Crippen LogP contribution in [-0.4, -0.2) is 30.9 Å². The van der Waals surface area contributed by atoms with Crippen LogP contribution in [0.2, 0.25) is 0 Å². The van der Waals surface area contributed by atoms with Gasteiger partial charge in [0.2, 0.25) is 0 Å². The van der Waals surface area contributed by atoms with E-state index in [4.69, 9.17) is 0 Å². The molecule has 0 aliphatic carbocycles.